The number of aryl methyl sites for hydroxylation is 2. The minimum atomic E-state index is -0.338. The second-order valence-electron chi connectivity index (χ2n) is 6.29. The Hall–Kier alpha value is -3.61. The highest BCUT2D eigenvalue weighted by molar-refractivity contribution is 5.91. The molecule has 3 rings (SSSR count). The van der Waals surface area contributed by atoms with Crippen molar-refractivity contribution in [1.29, 1.82) is 0 Å². The van der Waals surface area contributed by atoms with Gasteiger partial charge in [-0.3, -0.25) is 4.79 Å². The molecule has 28 heavy (non-hydrogen) atoms. The van der Waals surface area contributed by atoms with E-state index in [1.807, 2.05) is 38.1 Å². The first-order valence-corrected chi connectivity index (χ1v) is 8.78. The molecule has 7 nitrogen and oxygen atoms in total. The van der Waals surface area contributed by atoms with E-state index in [2.05, 4.69) is 26.9 Å². The molecule has 7 heteroatoms. The first-order chi connectivity index (χ1) is 13.5. The molecule has 0 unspecified atom stereocenters. The number of anilines is 3. The summed E-state index contributed by atoms with van der Waals surface area (Å²) >= 11 is 0. The molecule has 1 heterocycles. The number of hydrogen-bond acceptors (Lipinski definition) is 6. The SMILES string of the molecule is COc1ccccc1OCC(=O)Nc1ccc(Nc2cc(C)cc(C)c2)nn1. The lowest BCUT2D eigenvalue weighted by Crippen LogP contribution is -2.21. The molecule has 1 amide bonds. The number of methoxy groups -OCH3 is 1. The van der Waals surface area contributed by atoms with Crippen LogP contribution in [0.15, 0.2) is 54.6 Å². The molecule has 0 fully saturated rings. The van der Waals surface area contributed by atoms with Crippen LogP contribution in [0.2, 0.25) is 0 Å². The molecule has 1 aromatic heterocycles. The first-order valence-electron chi connectivity index (χ1n) is 8.78. The van der Waals surface area contributed by atoms with E-state index in [0.29, 0.717) is 23.1 Å². The third kappa shape index (κ3) is 5.20. The zero-order chi connectivity index (χ0) is 19.9. The molecule has 2 N–H and O–H groups in total. The maximum Gasteiger partial charge on any atom is 0.263 e. The number of ether oxygens (including phenoxy) is 2. The summed E-state index contributed by atoms with van der Waals surface area (Å²) < 4.78 is 10.7. The lowest BCUT2D eigenvalue weighted by atomic mass is 10.1. The van der Waals surface area contributed by atoms with Gasteiger partial charge in [-0.05, 0) is 61.4 Å². The summed E-state index contributed by atoms with van der Waals surface area (Å²) in [7, 11) is 1.55. The summed E-state index contributed by atoms with van der Waals surface area (Å²) in [5.41, 5.74) is 3.26. The average Bonchev–Trinajstić information content (AvgIpc) is 2.67. The van der Waals surface area contributed by atoms with Crippen molar-refractivity contribution in [3.63, 3.8) is 0 Å². The highest BCUT2D eigenvalue weighted by atomic mass is 16.5. The second kappa shape index (κ2) is 8.85. The molecule has 2 aromatic carbocycles. The molecule has 144 valence electrons. The van der Waals surface area contributed by atoms with E-state index in [9.17, 15) is 4.79 Å². The van der Waals surface area contributed by atoms with Crippen molar-refractivity contribution in [1.82, 2.24) is 10.2 Å². The van der Waals surface area contributed by atoms with Gasteiger partial charge in [-0.2, -0.15) is 0 Å². The molecule has 0 radical (unpaired) electrons. The molecule has 0 aliphatic heterocycles. The van der Waals surface area contributed by atoms with Gasteiger partial charge in [0.2, 0.25) is 0 Å². The summed E-state index contributed by atoms with van der Waals surface area (Å²) in [6, 6.07) is 16.7. The van der Waals surface area contributed by atoms with Gasteiger partial charge in [-0.1, -0.05) is 18.2 Å². The molecule has 0 saturated heterocycles. The Morgan fingerprint density at radius 2 is 1.57 bits per heavy atom. The lowest BCUT2D eigenvalue weighted by Gasteiger charge is -2.10. The molecule has 0 atom stereocenters. The third-order valence-corrected chi connectivity index (χ3v) is 3.85. The zero-order valence-corrected chi connectivity index (χ0v) is 16.0. The van der Waals surface area contributed by atoms with E-state index in [0.717, 1.165) is 16.8 Å². The normalized spacial score (nSPS) is 10.2. The number of benzene rings is 2. The number of carbonyl (C=O) groups is 1. The number of amides is 1. The maximum atomic E-state index is 12.1. The van der Waals surface area contributed by atoms with Crippen molar-refractivity contribution in [3.8, 4) is 11.5 Å². The van der Waals surface area contributed by atoms with Crippen molar-refractivity contribution in [2.24, 2.45) is 0 Å². The van der Waals surface area contributed by atoms with Crippen LogP contribution in [0, 0.1) is 13.8 Å². The summed E-state index contributed by atoms with van der Waals surface area (Å²) in [6.07, 6.45) is 0. The number of rotatable bonds is 7. The topological polar surface area (TPSA) is 85.4 Å². The lowest BCUT2D eigenvalue weighted by molar-refractivity contribution is -0.118. The van der Waals surface area contributed by atoms with Crippen LogP contribution in [0.4, 0.5) is 17.3 Å². The van der Waals surface area contributed by atoms with E-state index < -0.39 is 0 Å². The summed E-state index contributed by atoms with van der Waals surface area (Å²) in [5, 5.41) is 14.0. The van der Waals surface area contributed by atoms with Crippen LogP contribution in [0.1, 0.15) is 11.1 Å². The molecule has 0 aliphatic rings. The first kappa shape index (κ1) is 19.2. The minimum absolute atomic E-state index is 0.162. The Kier molecular flexibility index (Phi) is 6.06. The predicted molar refractivity (Wildman–Crippen MR) is 108 cm³/mol. The van der Waals surface area contributed by atoms with Gasteiger partial charge in [0.1, 0.15) is 0 Å². The van der Waals surface area contributed by atoms with Gasteiger partial charge >= 0.3 is 0 Å². The van der Waals surface area contributed by atoms with Crippen LogP contribution < -0.4 is 20.1 Å². The fourth-order valence-electron chi connectivity index (χ4n) is 2.72. The minimum Gasteiger partial charge on any atom is -0.493 e. The van der Waals surface area contributed by atoms with Crippen molar-refractivity contribution in [2.45, 2.75) is 13.8 Å². The van der Waals surface area contributed by atoms with Gasteiger partial charge in [-0.15, -0.1) is 10.2 Å². The smallest absolute Gasteiger partial charge is 0.263 e. The Balaban J connectivity index is 1.55. The van der Waals surface area contributed by atoms with Crippen molar-refractivity contribution >= 4 is 23.2 Å². The van der Waals surface area contributed by atoms with Crippen LogP contribution in [0.3, 0.4) is 0 Å². The van der Waals surface area contributed by atoms with Gasteiger partial charge in [0.15, 0.2) is 29.7 Å². The van der Waals surface area contributed by atoms with Crippen LogP contribution in [0.25, 0.3) is 0 Å². The fourth-order valence-corrected chi connectivity index (χ4v) is 2.72. The van der Waals surface area contributed by atoms with E-state index in [-0.39, 0.29) is 12.5 Å². The Morgan fingerprint density at radius 1 is 0.929 bits per heavy atom. The zero-order valence-electron chi connectivity index (χ0n) is 16.0. The summed E-state index contributed by atoms with van der Waals surface area (Å²) in [4.78, 5) is 12.1. The molecular formula is C21H22N4O3. The van der Waals surface area contributed by atoms with E-state index >= 15 is 0 Å². The maximum absolute atomic E-state index is 12.1. The standard InChI is InChI=1S/C21H22N4O3/c1-14-10-15(2)12-16(11-14)22-19-8-9-20(25-24-19)23-21(26)13-28-18-7-5-4-6-17(18)27-3/h4-12H,13H2,1-3H3,(H,22,24)(H,23,25,26). The number of nitrogens with zero attached hydrogens (tertiary/aromatic N) is 2. The molecule has 0 saturated carbocycles. The number of para-hydroxylation sites is 2. The highest BCUT2D eigenvalue weighted by Crippen LogP contribution is 2.25. The van der Waals surface area contributed by atoms with E-state index in [4.69, 9.17) is 9.47 Å². The Bertz CT molecular complexity index is 938. The van der Waals surface area contributed by atoms with Crippen molar-refractivity contribution in [3.05, 3.63) is 65.7 Å². The monoisotopic (exact) mass is 378 g/mol. The van der Waals surface area contributed by atoms with Gasteiger partial charge in [0.05, 0.1) is 7.11 Å². The van der Waals surface area contributed by atoms with Crippen molar-refractivity contribution in [2.75, 3.05) is 24.4 Å². The summed E-state index contributed by atoms with van der Waals surface area (Å²) in [6.45, 7) is 3.91. The van der Waals surface area contributed by atoms with Gasteiger partial charge in [0.25, 0.3) is 5.91 Å². The Morgan fingerprint density at radius 3 is 2.21 bits per heavy atom. The van der Waals surface area contributed by atoms with Gasteiger partial charge in [0, 0.05) is 5.69 Å². The largest absolute Gasteiger partial charge is 0.493 e. The van der Waals surface area contributed by atoms with Crippen LogP contribution in [-0.2, 0) is 4.79 Å². The molecule has 0 spiro atoms. The Labute approximate surface area is 163 Å². The summed E-state index contributed by atoms with van der Waals surface area (Å²) in [5.74, 6) is 1.67. The number of hydrogen-bond donors (Lipinski definition) is 2. The van der Waals surface area contributed by atoms with E-state index in [1.165, 1.54) is 0 Å². The fraction of sp³-hybridized carbons (Fsp3) is 0.190. The number of carbonyl (C=O) groups excluding carboxylic acids is 1. The average molecular weight is 378 g/mol. The highest BCUT2D eigenvalue weighted by Gasteiger charge is 2.08. The third-order valence-electron chi connectivity index (χ3n) is 3.85. The van der Waals surface area contributed by atoms with Gasteiger partial charge in [-0.25, -0.2) is 0 Å². The van der Waals surface area contributed by atoms with Crippen molar-refractivity contribution < 1.29 is 14.3 Å². The van der Waals surface area contributed by atoms with Crippen LogP contribution >= 0.6 is 0 Å². The second-order valence-corrected chi connectivity index (χ2v) is 6.29. The van der Waals surface area contributed by atoms with Crippen LogP contribution in [-0.4, -0.2) is 29.8 Å². The molecule has 0 bridgehead atoms. The predicted octanol–water partition coefficient (Wildman–Crippen LogP) is 3.86. The molecule has 3 aromatic rings. The molecule has 0 aliphatic carbocycles. The number of aromatic nitrogens is 2. The molecular weight excluding hydrogens is 356 g/mol. The number of nitrogens with one attached hydrogen (secondary N) is 2. The van der Waals surface area contributed by atoms with Gasteiger partial charge < -0.3 is 20.1 Å². The van der Waals surface area contributed by atoms with Crippen LogP contribution in [0.5, 0.6) is 11.5 Å². The van der Waals surface area contributed by atoms with E-state index in [1.54, 1.807) is 31.4 Å². The quantitative estimate of drug-likeness (QED) is 0.649.